The summed E-state index contributed by atoms with van der Waals surface area (Å²) in [5.74, 6) is 3.95. The molecule has 0 spiro atoms. The quantitative estimate of drug-likeness (QED) is 0.176. The van der Waals surface area contributed by atoms with Crippen molar-refractivity contribution in [1.82, 2.24) is 19.9 Å². The van der Waals surface area contributed by atoms with Crippen LogP contribution in [0.4, 0.5) is 0 Å². The van der Waals surface area contributed by atoms with Crippen molar-refractivity contribution in [2.45, 2.75) is 51.4 Å². The maximum absolute atomic E-state index is 9.46. The molecule has 8 rings (SSSR count). The van der Waals surface area contributed by atoms with Crippen LogP contribution in [0.1, 0.15) is 62.6 Å². The molecule has 2 bridgehead atoms. The van der Waals surface area contributed by atoms with Gasteiger partial charge in [0.25, 0.3) is 0 Å². The lowest BCUT2D eigenvalue weighted by atomic mass is 9.54. The monoisotopic (exact) mass is 662 g/mol. The summed E-state index contributed by atoms with van der Waals surface area (Å²) in [5, 5.41) is 18.8. The first-order valence-electron chi connectivity index (χ1n) is 17.8. The Balaban J connectivity index is 1.26. The van der Waals surface area contributed by atoms with Gasteiger partial charge in [0, 0.05) is 29.1 Å². The summed E-state index contributed by atoms with van der Waals surface area (Å²) in [6, 6.07) is 39.0. The molecule has 2 saturated carbocycles. The fourth-order valence-electron chi connectivity index (χ4n) is 8.86. The molecule has 2 fully saturated rings. The summed E-state index contributed by atoms with van der Waals surface area (Å²) in [5.41, 5.74) is 9.62. The van der Waals surface area contributed by atoms with Crippen molar-refractivity contribution in [3.8, 4) is 68.6 Å². The largest absolute Gasteiger partial charge is 0.265 e. The van der Waals surface area contributed by atoms with Crippen LogP contribution in [-0.2, 0) is 5.41 Å². The van der Waals surface area contributed by atoms with Crippen LogP contribution < -0.4 is 0 Å². The van der Waals surface area contributed by atoms with Gasteiger partial charge in [-0.1, -0.05) is 50.2 Å². The lowest BCUT2D eigenvalue weighted by Crippen LogP contribution is -2.42. The number of nitrogens with zero attached hydrogens (tertiary/aromatic N) is 6. The van der Waals surface area contributed by atoms with Crippen molar-refractivity contribution < 1.29 is 0 Å². The second-order valence-corrected chi connectivity index (χ2v) is 14.7. The molecule has 2 aliphatic carbocycles. The fourth-order valence-corrected chi connectivity index (χ4v) is 8.86. The van der Waals surface area contributed by atoms with Crippen molar-refractivity contribution in [3.05, 3.63) is 132 Å². The second-order valence-electron chi connectivity index (χ2n) is 14.7. The van der Waals surface area contributed by atoms with Gasteiger partial charge in [0.15, 0.2) is 17.5 Å². The zero-order valence-electron chi connectivity index (χ0n) is 28.9. The van der Waals surface area contributed by atoms with E-state index in [4.69, 9.17) is 15.0 Å². The smallest absolute Gasteiger partial charge is 0.164 e. The molecule has 0 aliphatic heterocycles. The van der Waals surface area contributed by atoms with Crippen LogP contribution in [0, 0.1) is 40.4 Å². The van der Waals surface area contributed by atoms with E-state index in [1.807, 2.05) is 48.5 Å². The number of fused-ring (bicyclic) bond motifs is 2. The maximum Gasteiger partial charge on any atom is 0.164 e. The van der Waals surface area contributed by atoms with Gasteiger partial charge in [-0.2, -0.15) is 10.5 Å². The average molecular weight is 663 g/mol. The van der Waals surface area contributed by atoms with E-state index in [0.29, 0.717) is 28.6 Å². The molecular weight excluding hydrogens is 625 g/mol. The SMILES string of the molecule is C[C@@H]1C[C@@H]2C[C@H](C)CC(c3ccc(-c4cc(-c5ccc(C#N)cc5)cc(-c5nc(-c6ccncc6)nc(-c6ccc(C#N)cc6)n5)c4)cc3)(C1)C2. The molecule has 1 unspecified atom stereocenters. The molecule has 0 radical (unpaired) electrons. The summed E-state index contributed by atoms with van der Waals surface area (Å²) < 4.78 is 0. The average Bonchev–Trinajstić information content (AvgIpc) is 3.17. The van der Waals surface area contributed by atoms with Crippen LogP contribution in [-0.4, -0.2) is 19.9 Å². The van der Waals surface area contributed by atoms with Crippen LogP contribution in [0.2, 0.25) is 0 Å². The van der Waals surface area contributed by atoms with E-state index in [1.54, 1.807) is 24.5 Å². The summed E-state index contributed by atoms with van der Waals surface area (Å²) in [6.45, 7) is 4.88. The highest BCUT2D eigenvalue weighted by Gasteiger charge is 2.45. The summed E-state index contributed by atoms with van der Waals surface area (Å²) in [6.07, 6.45) is 10.0. The van der Waals surface area contributed by atoms with Crippen molar-refractivity contribution >= 4 is 0 Å². The lowest BCUT2D eigenvalue weighted by molar-refractivity contribution is 0.0780. The Bertz CT molecular complexity index is 2260. The van der Waals surface area contributed by atoms with E-state index in [9.17, 15) is 10.5 Å². The van der Waals surface area contributed by atoms with Crippen LogP contribution in [0.25, 0.3) is 56.4 Å². The highest BCUT2D eigenvalue weighted by molar-refractivity contribution is 5.80. The molecule has 2 aromatic heterocycles. The first kappa shape index (κ1) is 32.2. The topological polar surface area (TPSA) is 99.1 Å². The maximum atomic E-state index is 9.46. The van der Waals surface area contributed by atoms with Gasteiger partial charge >= 0.3 is 0 Å². The minimum absolute atomic E-state index is 0.268. The molecule has 51 heavy (non-hydrogen) atoms. The predicted octanol–water partition coefficient (Wildman–Crippen LogP) is 10.4. The first-order valence-corrected chi connectivity index (χ1v) is 17.8. The van der Waals surface area contributed by atoms with Crippen molar-refractivity contribution in [2.24, 2.45) is 17.8 Å². The molecule has 6 heteroatoms. The zero-order chi connectivity index (χ0) is 35.0. The third-order valence-electron chi connectivity index (χ3n) is 10.8. The summed E-state index contributed by atoms with van der Waals surface area (Å²) in [7, 11) is 0. The van der Waals surface area contributed by atoms with Gasteiger partial charge in [0.2, 0.25) is 0 Å². The number of aromatic nitrogens is 4. The number of pyridine rings is 1. The number of hydrogen-bond donors (Lipinski definition) is 0. The number of rotatable bonds is 6. The van der Waals surface area contributed by atoms with Crippen molar-refractivity contribution in [1.29, 1.82) is 10.5 Å². The van der Waals surface area contributed by atoms with Gasteiger partial charge in [-0.15, -0.1) is 0 Å². The number of hydrogen-bond acceptors (Lipinski definition) is 6. The second kappa shape index (κ2) is 13.4. The zero-order valence-corrected chi connectivity index (χ0v) is 28.9. The van der Waals surface area contributed by atoms with Gasteiger partial charge in [-0.3, -0.25) is 4.98 Å². The molecule has 4 atom stereocenters. The van der Waals surface area contributed by atoms with E-state index in [0.717, 1.165) is 56.7 Å². The Morgan fingerprint density at radius 2 is 0.941 bits per heavy atom. The van der Waals surface area contributed by atoms with Gasteiger partial charge in [-0.05, 0) is 150 Å². The minimum atomic E-state index is 0.268. The molecule has 2 heterocycles. The lowest BCUT2D eigenvalue weighted by Gasteiger charge is -2.50. The summed E-state index contributed by atoms with van der Waals surface area (Å²) >= 11 is 0. The molecule has 0 amide bonds. The van der Waals surface area contributed by atoms with Crippen LogP contribution in [0.3, 0.4) is 0 Å². The number of nitriles is 2. The first-order chi connectivity index (χ1) is 24.9. The Morgan fingerprint density at radius 3 is 1.45 bits per heavy atom. The van der Waals surface area contributed by atoms with Crippen LogP contribution >= 0.6 is 0 Å². The Morgan fingerprint density at radius 1 is 0.510 bits per heavy atom. The third kappa shape index (κ3) is 6.54. The highest BCUT2D eigenvalue weighted by Crippen LogP contribution is 2.54. The predicted molar refractivity (Wildman–Crippen MR) is 201 cm³/mol. The Labute approximate surface area is 299 Å². The molecule has 2 aliphatic rings. The van der Waals surface area contributed by atoms with Crippen molar-refractivity contribution in [3.63, 3.8) is 0 Å². The summed E-state index contributed by atoms with van der Waals surface area (Å²) in [4.78, 5) is 19.1. The highest BCUT2D eigenvalue weighted by atomic mass is 15.0. The third-order valence-corrected chi connectivity index (χ3v) is 10.8. The van der Waals surface area contributed by atoms with Gasteiger partial charge in [0.1, 0.15) is 0 Å². The van der Waals surface area contributed by atoms with E-state index in [2.05, 4.69) is 73.4 Å². The van der Waals surface area contributed by atoms with E-state index in [1.165, 1.54) is 37.7 Å². The Kier molecular flexibility index (Phi) is 8.46. The van der Waals surface area contributed by atoms with Crippen LogP contribution in [0.15, 0.2) is 116 Å². The minimum Gasteiger partial charge on any atom is -0.265 e. The Hall–Kier alpha value is -5.98. The molecule has 0 N–H and O–H groups in total. The molecule has 0 saturated heterocycles. The van der Waals surface area contributed by atoms with E-state index >= 15 is 0 Å². The number of benzene rings is 4. The standard InChI is InChI=1S/C45H38N6/c1-29-19-33-20-30(2)25-45(24-29,26-33)41-13-11-35(12-14-41)39-21-38(34-7-3-31(27-46)4-8-34)22-40(23-39)44-50-42(36-9-5-32(28-47)6-10-36)49-43(51-44)37-15-17-48-18-16-37/h3-18,21-23,29-30,33H,19-20,24-26H2,1-2H3/t29-,30+,33-,45?. The molecule has 6 aromatic rings. The molecule has 248 valence electrons. The van der Waals surface area contributed by atoms with Gasteiger partial charge < -0.3 is 0 Å². The molecule has 4 aromatic carbocycles. The van der Waals surface area contributed by atoms with Gasteiger partial charge in [0.05, 0.1) is 23.3 Å². The van der Waals surface area contributed by atoms with E-state index < -0.39 is 0 Å². The van der Waals surface area contributed by atoms with Crippen LogP contribution in [0.5, 0.6) is 0 Å². The fraction of sp³-hybridized carbons (Fsp3) is 0.244. The van der Waals surface area contributed by atoms with Crippen molar-refractivity contribution in [2.75, 3.05) is 0 Å². The normalized spacial score (nSPS) is 21.0. The van der Waals surface area contributed by atoms with E-state index in [-0.39, 0.29) is 5.41 Å². The van der Waals surface area contributed by atoms with Gasteiger partial charge in [-0.25, -0.2) is 15.0 Å². The molecular formula is C45H38N6. The molecule has 6 nitrogen and oxygen atoms in total.